The van der Waals surface area contributed by atoms with E-state index < -0.39 is 16.1 Å². The number of nitrogens with zero attached hydrogens (tertiary/aromatic N) is 3. The van der Waals surface area contributed by atoms with Gasteiger partial charge in [-0.3, -0.25) is 9.69 Å². The van der Waals surface area contributed by atoms with Crippen molar-refractivity contribution in [1.82, 2.24) is 14.1 Å². The molecule has 0 spiro atoms. The number of halogens is 1. The Labute approximate surface area is 201 Å². The van der Waals surface area contributed by atoms with E-state index in [0.29, 0.717) is 43.1 Å². The van der Waals surface area contributed by atoms with Crippen LogP contribution in [0.2, 0.25) is 0 Å². The minimum absolute atomic E-state index is 0.00479. The number of sulfonamides is 1. The highest BCUT2D eigenvalue weighted by atomic mass is 32.2. The summed E-state index contributed by atoms with van der Waals surface area (Å²) in [5, 5.41) is 0. The van der Waals surface area contributed by atoms with Crippen molar-refractivity contribution in [3.8, 4) is 5.75 Å². The lowest BCUT2D eigenvalue weighted by atomic mass is 10.0. The third-order valence-electron chi connectivity index (χ3n) is 6.04. The number of piperazine rings is 1. The van der Waals surface area contributed by atoms with Gasteiger partial charge in [-0.1, -0.05) is 18.7 Å². The summed E-state index contributed by atoms with van der Waals surface area (Å²) in [5.41, 5.74) is 1.23. The van der Waals surface area contributed by atoms with Crippen molar-refractivity contribution >= 4 is 15.9 Å². The van der Waals surface area contributed by atoms with Gasteiger partial charge in [0.2, 0.25) is 15.9 Å². The number of amides is 1. The minimum atomic E-state index is -3.55. The fourth-order valence-electron chi connectivity index (χ4n) is 3.96. The van der Waals surface area contributed by atoms with Gasteiger partial charge in [-0.05, 0) is 61.4 Å². The predicted octanol–water partition coefficient (Wildman–Crippen LogP) is 3.22. The molecule has 2 aromatic rings. The first-order valence-electron chi connectivity index (χ1n) is 11.1. The van der Waals surface area contributed by atoms with Gasteiger partial charge >= 0.3 is 0 Å². The Kier molecular flexibility index (Phi) is 8.12. The number of hydrogen-bond acceptors (Lipinski definition) is 5. The summed E-state index contributed by atoms with van der Waals surface area (Å²) in [5.74, 6) is 0.0822. The zero-order valence-electron chi connectivity index (χ0n) is 20.1. The quantitative estimate of drug-likeness (QED) is 0.533. The van der Waals surface area contributed by atoms with E-state index in [9.17, 15) is 17.6 Å². The molecule has 1 aliphatic rings. The Balaban J connectivity index is 1.82. The predicted molar refractivity (Wildman–Crippen MR) is 130 cm³/mol. The van der Waals surface area contributed by atoms with Crippen LogP contribution in [0.15, 0.2) is 60.0 Å². The Morgan fingerprint density at radius 3 is 2.47 bits per heavy atom. The molecule has 0 radical (unpaired) electrons. The Morgan fingerprint density at radius 1 is 1.24 bits per heavy atom. The number of ether oxygens (including phenoxy) is 1. The molecule has 0 bridgehead atoms. The van der Waals surface area contributed by atoms with E-state index >= 15 is 0 Å². The van der Waals surface area contributed by atoms with E-state index in [0.717, 1.165) is 4.31 Å². The van der Waals surface area contributed by atoms with Gasteiger partial charge in [-0.2, -0.15) is 0 Å². The van der Waals surface area contributed by atoms with Crippen LogP contribution in [0.1, 0.15) is 24.2 Å². The van der Waals surface area contributed by atoms with Gasteiger partial charge in [-0.15, -0.1) is 0 Å². The first kappa shape index (κ1) is 25.9. The summed E-state index contributed by atoms with van der Waals surface area (Å²) in [7, 11) is -0.593. The van der Waals surface area contributed by atoms with Crippen LogP contribution >= 0.6 is 0 Å². The lowest BCUT2D eigenvalue weighted by Crippen LogP contribution is -2.54. The van der Waals surface area contributed by atoms with Gasteiger partial charge in [-0.25, -0.2) is 17.1 Å². The van der Waals surface area contributed by atoms with Gasteiger partial charge in [0, 0.05) is 46.3 Å². The van der Waals surface area contributed by atoms with Crippen molar-refractivity contribution in [2.75, 3.05) is 40.3 Å². The van der Waals surface area contributed by atoms with E-state index in [1.165, 1.54) is 38.4 Å². The molecule has 2 aromatic carbocycles. The van der Waals surface area contributed by atoms with Crippen molar-refractivity contribution in [2.24, 2.45) is 0 Å². The van der Waals surface area contributed by atoms with Crippen LogP contribution in [-0.2, 0) is 14.8 Å². The summed E-state index contributed by atoms with van der Waals surface area (Å²) in [6, 6.07) is 11.3. The standard InChI is InChI=1S/C25H32FN3O4S/c1-6-25(30)29-14-13-28(16-19(29)3)17-24(20-8-7-18(2)23(26)15-20)33-21-9-11-22(12-10-21)34(31,32)27(4)5/h6-12,15,19,24H,1,13-14,16-17H2,2-5H3/t19-,24+/m1/s1. The lowest BCUT2D eigenvalue weighted by Gasteiger charge is -2.40. The normalized spacial score (nSPS) is 18.1. The fraction of sp³-hybridized carbons (Fsp3) is 0.400. The van der Waals surface area contributed by atoms with Crippen LogP contribution < -0.4 is 4.74 Å². The van der Waals surface area contributed by atoms with Gasteiger partial charge in [0.25, 0.3) is 0 Å². The molecule has 0 unspecified atom stereocenters. The number of aryl methyl sites for hydroxylation is 1. The molecule has 1 aliphatic heterocycles. The third kappa shape index (κ3) is 5.84. The highest BCUT2D eigenvalue weighted by molar-refractivity contribution is 7.89. The van der Waals surface area contributed by atoms with E-state index in [4.69, 9.17) is 4.74 Å². The van der Waals surface area contributed by atoms with Crippen LogP contribution in [-0.4, -0.2) is 74.7 Å². The molecule has 184 valence electrons. The molecule has 0 aliphatic carbocycles. The van der Waals surface area contributed by atoms with Gasteiger partial charge in [0.1, 0.15) is 17.7 Å². The highest BCUT2D eigenvalue weighted by Gasteiger charge is 2.29. The molecule has 7 nitrogen and oxygen atoms in total. The maximum absolute atomic E-state index is 14.4. The second-order valence-electron chi connectivity index (χ2n) is 8.72. The number of carbonyl (C=O) groups is 1. The van der Waals surface area contributed by atoms with Crippen LogP contribution in [0.25, 0.3) is 0 Å². The summed E-state index contributed by atoms with van der Waals surface area (Å²) < 4.78 is 46.5. The zero-order chi connectivity index (χ0) is 25.0. The average molecular weight is 490 g/mol. The molecule has 9 heteroatoms. The Hall–Kier alpha value is -2.75. The molecule has 1 amide bonds. The summed E-state index contributed by atoms with van der Waals surface area (Å²) in [6.07, 6.45) is 0.841. The first-order valence-corrected chi connectivity index (χ1v) is 12.6. The lowest BCUT2D eigenvalue weighted by molar-refractivity contribution is -0.130. The molecule has 0 saturated carbocycles. The van der Waals surface area contributed by atoms with E-state index in [2.05, 4.69) is 11.5 Å². The van der Waals surface area contributed by atoms with Crippen molar-refractivity contribution in [2.45, 2.75) is 30.9 Å². The number of carbonyl (C=O) groups excluding carboxylic acids is 1. The van der Waals surface area contributed by atoms with Crippen LogP contribution in [0.5, 0.6) is 5.75 Å². The topological polar surface area (TPSA) is 70.2 Å². The summed E-state index contributed by atoms with van der Waals surface area (Å²) in [4.78, 5) is 16.2. The molecule has 1 heterocycles. The smallest absolute Gasteiger partial charge is 0.246 e. The van der Waals surface area contributed by atoms with Crippen molar-refractivity contribution < 1.29 is 22.3 Å². The second kappa shape index (κ2) is 10.7. The van der Waals surface area contributed by atoms with Crippen LogP contribution in [0, 0.1) is 12.7 Å². The SMILES string of the molecule is C=CC(=O)N1CCN(C[C@H](Oc2ccc(S(=O)(=O)N(C)C)cc2)c2ccc(C)c(F)c2)C[C@H]1C. The molecule has 1 fully saturated rings. The van der Waals surface area contributed by atoms with Crippen LogP contribution in [0.3, 0.4) is 0 Å². The first-order chi connectivity index (χ1) is 16.0. The Bertz CT molecular complexity index is 1140. The average Bonchev–Trinajstić information content (AvgIpc) is 2.80. The molecule has 3 rings (SSSR count). The molecular formula is C25H32FN3O4S. The molecule has 1 saturated heterocycles. The van der Waals surface area contributed by atoms with E-state index in [-0.39, 0.29) is 22.7 Å². The molecular weight excluding hydrogens is 457 g/mol. The van der Waals surface area contributed by atoms with Gasteiger partial charge in [0.15, 0.2) is 0 Å². The number of benzene rings is 2. The van der Waals surface area contributed by atoms with Crippen LogP contribution in [0.4, 0.5) is 4.39 Å². The minimum Gasteiger partial charge on any atom is -0.484 e. The maximum Gasteiger partial charge on any atom is 0.246 e. The maximum atomic E-state index is 14.4. The highest BCUT2D eigenvalue weighted by Crippen LogP contribution is 2.27. The molecule has 34 heavy (non-hydrogen) atoms. The third-order valence-corrected chi connectivity index (χ3v) is 7.87. The Morgan fingerprint density at radius 2 is 1.91 bits per heavy atom. The monoisotopic (exact) mass is 489 g/mol. The number of rotatable bonds is 8. The second-order valence-corrected chi connectivity index (χ2v) is 10.9. The van der Waals surface area contributed by atoms with Gasteiger partial charge < -0.3 is 9.64 Å². The van der Waals surface area contributed by atoms with Crippen molar-refractivity contribution in [3.63, 3.8) is 0 Å². The molecule has 0 aromatic heterocycles. The zero-order valence-corrected chi connectivity index (χ0v) is 20.9. The molecule has 2 atom stereocenters. The largest absolute Gasteiger partial charge is 0.484 e. The van der Waals surface area contributed by atoms with Gasteiger partial charge in [0.05, 0.1) is 4.90 Å². The van der Waals surface area contributed by atoms with E-state index in [1.807, 2.05) is 13.0 Å². The fourth-order valence-corrected chi connectivity index (χ4v) is 4.87. The van der Waals surface area contributed by atoms with Crippen molar-refractivity contribution in [3.05, 3.63) is 72.1 Å². The molecule has 0 N–H and O–H groups in total. The number of hydrogen-bond donors (Lipinski definition) is 0. The van der Waals surface area contributed by atoms with E-state index in [1.54, 1.807) is 30.0 Å². The van der Waals surface area contributed by atoms with Crippen molar-refractivity contribution in [1.29, 1.82) is 0 Å². The summed E-state index contributed by atoms with van der Waals surface area (Å²) >= 11 is 0. The summed E-state index contributed by atoms with van der Waals surface area (Å²) in [6.45, 7) is 9.61.